The van der Waals surface area contributed by atoms with Crippen molar-refractivity contribution in [1.29, 1.82) is 0 Å². The van der Waals surface area contributed by atoms with Gasteiger partial charge in [-0.1, -0.05) is 6.07 Å². The number of carboxylic acid groups (broad SMARTS) is 1. The number of H-pyrrole nitrogens is 1. The van der Waals surface area contributed by atoms with Crippen LogP contribution in [0.4, 0.5) is 0 Å². The average molecular weight is 256 g/mol. The Labute approximate surface area is 108 Å². The maximum Gasteiger partial charge on any atom is 0.354 e. The number of nitrogens with zero attached hydrogens (tertiary/aromatic N) is 3. The Morgan fingerprint density at radius 3 is 2.95 bits per heavy atom. The molecule has 0 spiro atoms. The standard InChI is InChI=1S/C13H12N4O2/c1-7-15-11(12(16-7)13(18)19)8-3-4-10-9(5-8)14-6-17(10)2/h3-6H,1-2H3,(H,15,16)(H,18,19). The molecule has 3 rings (SSSR count). The van der Waals surface area contributed by atoms with Crippen molar-refractivity contribution in [2.45, 2.75) is 6.92 Å². The van der Waals surface area contributed by atoms with Crippen LogP contribution in [0.2, 0.25) is 0 Å². The van der Waals surface area contributed by atoms with Crippen molar-refractivity contribution in [3.8, 4) is 11.3 Å². The highest BCUT2D eigenvalue weighted by Crippen LogP contribution is 2.25. The van der Waals surface area contributed by atoms with Crippen LogP contribution in [0.15, 0.2) is 24.5 Å². The molecule has 6 nitrogen and oxygen atoms in total. The summed E-state index contributed by atoms with van der Waals surface area (Å²) in [4.78, 5) is 22.5. The van der Waals surface area contributed by atoms with Crippen molar-refractivity contribution in [3.63, 3.8) is 0 Å². The molecule has 2 heterocycles. The predicted octanol–water partition coefficient (Wildman–Crippen LogP) is 1.97. The maximum atomic E-state index is 11.2. The number of imidazole rings is 2. The Balaban J connectivity index is 2.21. The number of carbonyl (C=O) groups is 1. The summed E-state index contributed by atoms with van der Waals surface area (Å²) in [5.41, 5.74) is 3.10. The largest absolute Gasteiger partial charge is 0.477 e. The number of rotatable bonds is 2. The topological polar surface area (TPSA) is 83.8 Å². The molecule has 0 aliphatic carbocycles. The molecule has 3 aromatic rings. The van der Waals surface area contributed by atoms with Gasteiger partial charge in [0, 0.05) is 12.6 Å². The van der Waals surface area contributed by atoms with Crippen molar-refractivity contribution in [2.24, 2.45) is 7.05 Å². The summed E-state index contributed by atoms with van der Waals surface area (Å²) in [6.45, 7) is 1.73. The van der Waals surface area contributed by atoms with Crippen LogP contribution < -0.4 is 0 Å². The third-order valence-electron chi connectivity index (χ3n) is 3.03. The van der Waals surface area contributed by atoms with Gasteiger partial charge in [-0.3, -0.25) is 0 Å². The summed E-state index contributed by atoms with van der Waals surface area (Å²) in [6.07, 6.45) is 1.72. The van der Waals surface area contributed by atoms with Crippen molar-refractivity contribution >= 4 is 17.0 Å². The quantitative estimate of drug-likeness (QED) is 0.734. The lowest BCUT2D eigenvalue weighted by atomic mass is 10.1. The number of fused-ring (bicyclic) bond motifs is 1. The van der Waals surface area contributed by atoms with Crippen molar-refractivity contribution in [2.75, 3.05) is 0 Å². The Kier molecular flexibility index (Phi) is 2.38. The second kappa shape index (κ2) is 3.94. The summed E-state index contributed by atoms with van der Waals surface area (Å²) < 4.78 is 1.91. The van der Waals surface area contributed by atoms with Gasteiger partial charge >= 0.3 is 5.97 Å². The number of hydrogen-bond acceptors (Lipinski definition) is 3. The fourth-order valence-corrected chi connectivity index (χ4v) is 2.14. The van der Waals surface area contributed by atoms with Gasteiger partial charge in [-0.15, -0.1) is 0 Å². The van der Waals surface area contributed by atoms with E-state index in [9.17, 15) is 4.79 Å². The molecule has 0 bridgehead atoms. The molecule has 0 unspecified atom stereocenters. The fourth-order valence-electron chi connectivity index (χ4n) is 2.14. The first-order chi connectivity index (χ1) is 9.06. The molecule has 0 radical (unpaired) electrons. The first kappa shape index (κ1) is 11.5. The second-order valence-electron chi connectivity index (χ2n) is 4.41. The lowest BCUT2D eigenvalue weighted by Gasteiger charge is -2.00. The highest BCUT2D eigenvalue weighted by Gasteiger charge is 2.17. The number of aromatic amines is 1. The van der Waals surface area contributed by atoms with Gasteiger partial charge in [0.2, 0.25) is 0 Å². The smallest absolute Gasteiger partial charge is 0.354 e. The zero-order valence-electron chi connectivity index (χ0n) is 10.5. The van der Waals surface area contributed by atoms with E-state index in [4.69, 9.17) is 5.11 Å². The normalized spacial score (nSPS) is 11.1. The molecular formula is C13H12N4O2. The van der Waals surface area contributed by atoms with Gasteiger partial charge < -0.3 is 14.7 Å². The summed E-state index contributed by atoms with van der Waals surface area (Å²) in [7, 11) is 1.91. The minimum Gasteiger partial charge on any atom is -0.477 e. The van der Waals surface area contributed by atoms with E-state index in [1.165, 1.54) is 0 Å². The maximum absolute atomic E-state index is 11.2. The molecular weight excluding hydrogens is 244 g/mol. The molecule has 0 saturated heterocycles. The number of aromatic nitrogens is 4. The molecule has 0 fully saturated rings. The minimum absolute atomic E-state index is 0.104. The van der Waals surface area contributed by atoms with Crippen LogP contribution in [0, 0.1) is 6.92 Å². The minimum atomic E-state index is -1.02. The summed E-state index contributed by atoms with van der Waals surface area (Å²) in [5, 5.41) is 9.17. The van der Waals surface area contributed by atoms with Gasteiger partial charge in [0.15, 0.2) is 5.69 Å². The molecule has 0 amide bonds. The van der Waals surface area contributed by atoms with E-state index in [0.717, 1.165) is 16.6 Å². The van der Waals surface area contributed by atoms with E-state index in [1.54, 1.807) is 13.3 Å². The summed E-state index contributed by atoms with van der Waals surface area (Å²) in [5.74, 6) is -0.440. The van der Waals surface area contributed by atoms with Gasteiger partial charge in [-0.05, 0) is 19.1 Å². The van der Waals surface area contributed by atoms with Gasteiger partial charge in [0.05, 0.1) is 17.4 Å². The van der Waals surface area contributed by atoms with Gasteiger partial charge in [0.25, 0.3) is 0 Å². The van der Waals surface area contributed by atoms with Crippen LogP contribution in [0.5, 0.6) is 0 Å². The Morgan fingerprint density at radius 1 is 1.42 bits per heavy atom. The number of carboxylic acids is 1. The third-order valence-corrected chi connectivity index (χ3v) is 3.03. The number of hydrogen-bond donors (Lipinski definition) is 2. The van der Waals surface area contributed by atoms with Crippen molar-refractivity contribution < 1.29 is 9.90 Å². The monoisotopic (exact) mass is 256 g/mol. The molecule has 6 heteroatoms. The van der Waals surface area contributed by atoms with Crippen LogP contribution in [0.1, 0.15) is 16.3 Å². The van der Waals surface area contributed by atoms with Crippen LogP contribution in [0.3, 0.4) is 0 Å². The molecule has 0 atom stereocenters. The van der Waals surface area contributed by atoms with Crippen LogP contribution in [-0.4, -0.2) is 30.6 Å². The predicted molar refractivity (Wildman–Crippen MR) is 70.0 cm³/mol. The molecule has 96 valence electrons. The lowest BCUT2D eigenvalue weighted by Crippen LogP contribution is -1.99. The molecule has 0 aliphatic heterocycles. The molecule has 2 aromatic heterocycles. The van der Waals surface area contributed by atoms with Crippen LogP contribution in [-0.2, 0) is 7.05 Å². The highest BCUT2D eigenvalue weighted by atomic mass is 16.4. The Hall–Kier alpha value is -2.63. The zero-order chi connectivity index (χ0) is 13.6. The first-order valence-corrected chi connectivity index (χ1v) is 5.77. The number of benzene rings is 1. The third kappa shape index (κ3) is 1.77. The van der Waals surface area contributed by atoms with Gasteiger partial charge in [-0.2, -0.15) is 0 Å². The van der Waals surface area contributed by atoms with E-state index in [1.807, 2.05) is 29.8 Å². The van der Waals surface area contributed by atoms with Crippen molar-refractivity contribution in [1.82, 2.24) is 19.5 Å². The highest BCUT2D eigenvalue weighted by molar-refractivity contribution is 5.94. The molecule has 0 saturated carbocycles. The van der Waals surface area contributed by atoms with Crippen molar-refractivity contribution in [3.05, 3.63) is 36.0 Å². The van der Waals surface area contributed by atoms with Gasteiger partial charge in [0.1, 0.15) is 11.5 Å². The Bertz CT molecular complexity index is 785. The zero-order valence-corrected chi connectivity index (χ0v) is 10.5. The first-order valence-electron chi connectivity index (χ1n) is 5.77. The molecule has 2 N–H and O–H groups in total. The average Bonchev–Trinajstić information content (AvgIpc) is 2.93. The Morgan fingerprint density at radius 2 is 2.21 bits per heavy atom. The number of nitrogens with one attached hydrogen (secondary N) is 1. The second-order valence-corrected chi connectivity index (χ2v) is 4.41. The summed E-state index contributed by atoms with van der Waals surface area (Å²) >= 11 is 0. The van der Waals surface area contributed by atoms with E-state index >= 15 is 0 Å². The van der Waals surface area contributed by atoms with E-state index in [0.29, 0.717) is 11.5 Å². The lowest BCUT2D eigenvalue weighted by molar-refractivity contribution is 0.0692. The molecule has 1 aromatic carbocycles. The summed E-state index contributed by atoms with van der Waals surface area (Å²) in [6, 6.07) is 5.61. The van der Waals surface area contributed by atoms with Crippen LogP contribution >= 0.6 is 0 Å². The van der Waals surface area contributed by atoms with E-state index < -0.39 is 5.97 Å². The van der Waals surface area contributed by atoms with Gasteiger partial charge in [-0.25, -0.2) is 14.8 Å². The number of aryl methyl sites for hydroxylation is 2. The van der Waals surface area contributed by atoms with E-state index in [2.05, 4.69) is 15.0 Å². The molecule has 19 heavy (non-hydrogen) atoms. The van der Waals surface area contributed by atoms with E-state index in [-0.39, 0.29) is 5.69 Å². The molecule has 0 aliphatic rings. The fraction of sp³-hybridized carbons (Fsp3) is 0.154. The number of aromatic carboxylic acids is 1. The van der Waals surface area contributed by atoms with Crippen LogP contribution in [0.25, 0.3) is 22.3 Å². The SMILES string of the molecule is Cc1nc(-c2ccc3c(c2)ncn3C)c(C(=O)O)[nH]1.